The Balaban J connectivity index is 2.59. The van der Waals surface area contributed by atoms with E-state index in [1.54, 1.807) is 20.8 Å². The Morgan fingerprint density at radius 2 is 2.06 bits per heavy atom. The van der Waals surface area contributed by atoms with Gasteiger partial charge in [0.05, 0.1) is 0 Å². The van der Waals surface area contributed by atoms with E-state index in [0.717, 1.165) is 6.42 Å². The summed E-state index contributed by atoms with van der Waals surface area (Å²) in [5.41, 5.74) is -0.556. The van der Waals surface area contributed by atoms with Crippen molar-refractivity contribution in [3.05, 3.63) is 0 Å². The van der Waals surface area contributed by atoms with E-state index in [9.17, 15) is 9.59 Å². The fraction of sp³-hybridized carbons (Fsp3) is 0.833. The number of amides is 1. The summed E-state index contributed by atoms with van der Waals surface area (Å²) in [6.07, 6.45) is 0.970. The van der Waals surface area contributed by atoms with Gasteiger partial charge in [-0.1, -0.05) is 0 Å². The van der Waals surface area contributed by atoms with Crippen molar-refractivity contribution in [2.24, 2.45) is 0 Å². The Bertz CT molecular complexity index is 314. The molecule has 1 amide bonds. The minimum Gasteiger partial charge on any atom is -0.463 e. The standard InChI is InChI=1S/C12H21NO4S/c1-12(2,3)17-11(15)13-6-4-5-9(13)10(14)16-7-8-18/h9,18H,4-8H2,1-3H3. The molecule has 1 fully saturated rings. The summed E-state index contributed by atoms with van der Waals surface area (Å²) in [4.78, 5) is 25.2. The monoisotopic (exact) mass is 275 g/mol. The maximum atomic E-state index is 11.9. The second-order valence-corrected chi connectivity index (χ2v) is 5.67. The third-order valence-corrected chi connectivity index (χ3v) is 2.67. The fourth-order valence-electron chi connectivity index (χ4n) is 1.79. The summed E-state index contributed by atoms with van der Waals surface area (Å²) in [7, 11) is 0. The summed E-state index contributed by atoms with van der Waals surface area (Å²) in [5, 5.41) is 0. The van der Waals surface area contributed by atoms with Crippen molar-refractivity contribution in [1.82, 2.24) is 4.90 Å². The molecule has 1 aliphatic heterocycles. The molecular weight excluding hydrogens is 254 g/mol. The Labute approximate surface area is 113 Å². The highest BCUT2D eigenvalue weighted by molar-refractivity contribution is 7.80. The molecule has 6 heteroatoms. The summed E-state index contributed by atoms with van der Waals surface area (Å²) in [5.74, 6) is 0.109. The highest BCUT2D eigenvalue weighted by Gasteiger charge is 2.37. The molecule has 1 aliphatic rings. The molecule has 18 heavy (non-hydrogen) atoms. The van der Waals surface area contributed by atoms with Crippen molar-refractivity contribution >= 4 is 24.7 Å². The third kappa shape index (κ3) is 4.40. The van der Waals surface area contributed by atoms with Crippen LogP contribution in [-0.2, 0) is 14.3 Å². The number of hydrogen-bond acceptors (Lipinski definition) is 5. The molecule has 0 N–H and O–H groups in total. The minimum atomic E-state index is -0.556. The van der Waals surface area contributed by atoms with Gasteiger partial charge in [-0.2, -0.15) is 12.6 Å². The molecule has 0 aromatic carbocycles. The lowest BCUT2D eigenvalue weighted by Crippen LogP contribution is -2.44. The number of rotatable bonds is 3. The summed E-state index contributed by atoms with van der Waals surface area (Å²) in [6.45, 7) is 6.20. The van der Waals surface area contributed by atoms with Gasteiger partial charge < -0.3 is 9.47 Å². The van der Waals surface area contributed by atoms with Crippen LogP contribution in [0.2, 0.25) is 0 Å². The summed E-state index contributed by atoms with van der Waals surface area (Å²) < 4.78 is 10.3. The van der Waals surface area contributed by atoms with Gasteiger partial charge in [0.1, 0.15) is 18.2 Å². The molecule has 0 bridgehead atoms. The molecular formula is C12H21NO4S. The number of thiol groups is 1. The average molecular weight is 275 g/mol. The Morgan fingerprint density at radius 3 is 2.61 bits per heavy atom. The van der Waals surface area contributed by atoms with Crippen LogP contribution in [0.3, 0.4) is 0 Å². The first kappa shape index (κ1) is 15.1. The predicted octanol–water partition coefficient (Wildman–Crippen LogP) is 1.86. The number of hydrogen-bond donors (Lipinski definition) is 1. The van der Waals surface area contributed by atoms with Crippen LogP contribution in [0.5, 0.6) is 0 Å². The molecule has 1 heterocycles. The summed E-state index contributed by atoms with van der Waals surface area (Å²) >= 11 is 3.97. The molecule has 104 valence electrons. The van der Waals surface area contributed by atoms with Gasteiger partial charge in [0.15, 0.2) is 0 Å². The van der Waals surface area contributed by atoms with E-state index >= 15 is 0 Å². The van der Waals surface area contributed by atoms with Crippen LogP contribution in [0.1, 0.15) is 33.6 Å². The lowest BCUT2D eigenvalue weighted by atomic mass is 10.2. The van der Waals surface area contributed by atoms with Crippen molar-refractivity contribution in [1.29, 1.82) is 0 Å². The molecule has 1 rings (SSSR count). The molecule has 0 aromatic rings. The van der Waals surface area contributed by atoms with Crippen LogP contribution in [-0.4, -0.2) is 47.5 Å². The molecule has 0 saturated carbocycles. The first-order valence-corrected chi connectivity index (χ1v) is 6.75. The normalized spacial score (nSPS) is 19.8. The van der Waals surface area contributed by atoms with Crippen molar-refractivity contribution in [3.8, 4) is 0 Å². The van der Waals surface area contributed by atoms with E-state index in [-0.39, 0.29) is 12.6 Å². The van der Waals surface area contributed by atoms with Crippen LogP contribution in [0.15, 0.2) is 0 Å². The highest BCUT2D eigenvalue weighted by atomic mass is 32.1. The summed E-state index contributed by atoms with van der Waals surface area (Å²) in [6, 6.07) is -0.514. The zero-order valence-electron chi connectivity index (χ0n) is 11.1. The molecule has 0 spiro atoms. The third-order valence-electron chi connectivity index (χ3n) is 2.49. The zero-order chi connectivity index (χ0) is 13.8. The second-order valence-electron chi connectivity index (χ2n) is 5.22. The van der Waals surface area contributed by atoms with Crippen molar-refractivity contribution in [2.45, 2.75) is 45.3 Å². The fourth-order valence-corrected chi connectivity index (χ4v) is 1.88. The van der Waals surface area contributed by atoms with Crippen LogP contribution in [0, 0.1) is 0 Å². The molecule has 0 radical (unpaired) electrons. The maximum absolute atomic E-state index is 11.9. The van der Waals surface area contributed by atoms with E-state index in [2.05, 4.69) is 12.6 Å². The number of carbonyl (C=O) groups is 2. The van der Waals surface area contributed by atoms with Crippen LogP contribution < -0.4 is 0 Å². The largest absolute Gasteiger partial charge is 0.463 e. The molecule has 1 atom stereocenters. The van der Waals surface area contributed by atoms with Gasteiger partial charge in [0.25, 0.3) is 0 Å². The van der Waals surface area contributed by atoms with Crippen LogP contribution >= 0.6 is 12.6 Å². The van der Waals surface area contributed by atoms with Crippen molar-refractivity contribution in [2.75, 3.05) is 18.9 Å². The minimum absolute atomic E-state index is 0.264. The van der Waals surface area contributed by atoms with E-state index in [4.69, 9.17) is 9.47 Å². The maximum Gasteiger partial charge on any atom is 0.411 e. The van der Waals surface area contributed by atoms with Gasteiger partial charge in [0.2, 0.25) is 0 Å². The Hall–Kier alpha value is -0.910. The molecule has 5 nitrogen and oxygen atoms in total. The zero-order valence-corrected chi connectivity index (χ0v) is 12.0. The second kappa shape index (κ2) is 6.31. The molecule has 0 aromatic heterocycles. The first-order valence-electron chi connectivity index (χ1n) is 6.12. The average Bonchev–Trinajstić information content (AvgIpc) is 2.72. The number of likely N-dealkylation sites (tertiary alicyclic amines) is 1. The molecule has 1 saturated heterocycles. The Kier molecular flexibility index (Phi) is 5.31. The van der Waals surface area contributed by atoms with E-state index < -0.39 is 17.7 Å². The van der Waals surface area contributed by atoms with Gasteiger partial charge in [-0.15, -0.1) is 0 Å². The van der Waals surface area contributed by atoms with Gasteiger partial charge >= 0.3 is 12.1 Å². The number of ether oxygens (including phenoxy) is 2. The number of carbonyl (C=O) groups excluding carboxylic acids is 2. The van der Waals surface area contributed by atoms with Gasteiger partial charge in [-0.05, 0) is 33.6 Å². The van der Waals surface area contributed by atoms with Gasteiger partial charge in [-0.3, -0.25) is 4.90 Å². The topological polar surface area (TPSA) is 55.8 Å². The van der Waals surface area contributed by atoms with Crippen LogP contribution in [0.25, 0.3) is 0 Å². The van der Waals surface area contributed by atoms with Crippen molar-refractivity contribution in [3.63, 3.8) is 0 Å². The molecule has 0 aliphatic carbocycles. The molecule has 1 unspecified atom stereocenters. The highest BCUT2D eigenvalue weighted by Crippen LogP contribution is 2.21. The lowest BCUT2D eigenvalue weighted by molar-refractivity contribution is -0.148. The smallest absolute Gasteiger partial charge is 0.411 e. The van der Waals surface area contributed by atoms with E-state index in [1.165, 1.54) is 4.90 Å². The predicted molar refractivity (Wildman–Crippen MR) is 70.8 cm³/mol. The lowest BCUT2D eigenvalue weighted by Gasteiger charge is -2.27. The van der Waals surface area contributed by atoms with Crippen molar-refractivity contribution < 1.29 is 19.1 Å². The van der Waals surface area contributed by atoms with Crippen LogP contribution in [0.4, 0.5) is 4.79 Å². The number of esters is 1. The first-order chi connectivity index (χ1) is 8.35. The quantitative estimate of drug-likeness (QED) is 0.631. The number of nitrogens with zero attached hydrogens (tertiary/aromatic N) is 1. The Morgan fingerprint density at radius 1 is 1.39 bits per heavy atom. The van der Waals surface area contributed by atoms with Gasteiger partial charge in [-0.25, -0.2) is 9.59 Å². The SMILES string of the molecule is CC(C)(C)OC(=O)N1CCCC1C(=O)OCCS. The van der Waals surface area contributed by atoms with E-state index in [0.29, 0.717) is 18.7 Å². The van der Waals surface area contributed by atoms with Gasteiger partial charge in [0, 0.05) is 12.3 Å². The van der Waals surface area contributed by atoms with E-state index in [1.807, 2.05) is 0 Å².